The summed E-state index contributed by atoms with van der Waals surface area (Å²) in [5.74, 6) is -0.108. The topological polar surface area (TPSA) is 52.6 Å². The summed E-state index contributed by atoms with van der Waals surface area (Å²) in [4.78, 5) is 24.1. The maximum atomic E-state index is 12.3. The van der Waals surface area contributed by atoms with Crippen LogP contribution in [0.3, 0.4) is 0 Å². The molecule has 0 aromatic rings. The lowest BCUT2D eigenvalue weighted by Gasteiger charge is -2.16. The van der Waals surface area contributed by atoms with Gasteiger partial charge in [0.1, 0.15) is 5.76 Å². The first kappa shape index (κ1) is 22.4. The van der Waals surface area contributed by atoms with Crippen molar-refractivity contribution in [1.82, 2.24) is 0 Å². The summed E-state index contributed by atoms with van der Waals surface area (Å²) in [6, 6.07) is 0. The average Bonchev–Trinajstić information content (AvgIpc) is 2.57. The molecule has 0 saturated heterocycles. The number of rotatable bonds is 12. The quantitative estimate of drug-likeness (QED) is 0.274. The molecule has 1 unspecified atom stereocenters. The van der Waals surface area contributed by atoms with Crippen molar-refractivity contribution in [1.29, 1.82) is 0 Å². The molecule has 0 aromatic carbocycles. The van der Waals surface area contributed by atoms with Gasteiger partial charge >= 0.3 is 11.9 Å². The van der Waals surface area contributed by atoms with Crippen molar-refractivity contribution < 1.29 is 19.1 Å². The van der Waals surface area contributed by atoms with Crippen LogP contribution in [-0.2, 0) is 19.1 Å². The number of carbonyl (C=O) groups excluding carboxylic acids is 2. The Morgan fingerprint density at radius 3 is 2.12 bits per heavy atom. The van der Waals surface area contributed by atoms with Crippen molar-refractivity contribution in [3.63, 3.8) is 0 Å². The minimum Gasteiger partial charge on any atom is -0.462 e. The molecule has 0 saturated carbocycles. The third kappa shape index (κ3) is 8.90. The van der Waals surface area contributed by atoms with Crippen LogP contribution in [0, 0.1) is 5.92 Å². The summed E-state index contributed by atoms with van der Waals surface area (Å²) >= 11 is 0. The van der Waals surface area contributed by atoms with Gasteiger partial charge < -0.3 is 9.47 Å². The highest BCUT2D eigenvalue weighted by Gasteiger charge is 2.18. The highest BCUT2D eigenvalue weighted by atomic mass is 16.5. The van der Waals surface area contributed by atoms with Crippen LogP contribution in [0.25, 0.3) is 0 Å². The second-order valence-electron chi connectivity index (χ2n) is 6.34. The van der Waals surface area contributed by atoms with Crippen molar-refractivity contribution in [2.24, 2.45) is 5.92 Å². The molecule has 24 heavy (non-hydrogen) atoms. The Bertz CT molecular complexity index is 449. The highest BCUT2D eigenvalue weighted by molar-refractivity contribution is 5.91. The molecule has 0 aliphatic rings. The van der Waals surface area contributed by atoms with Gasteiger partial charge in [0.05, 0.1) is 12.2 Å². The predicted molar refractivity (Wildman–Crippen MR) is 97.4 cm³/mol. The molecule has 0 bridgehead atoms. The lowest BCUT2D eigenvalue weighted by molar-refractivity contribution is -0.141. The monoisotopic (exact) mass is 338 g/mol. The fourth-order valence-corrected chi connectivity index (χ4v) is 2.17. The van der Waals surface area contributed by atoms with Crippen LogP contribution in [0.4, 0.5) is 0 Å². The van der Waals surface area contributed by atoms with Gasteiger partial charge in [-0.25, -0.2) is 9.59 Å². The van der Waals surface area contributed by atoms with Crippen molar-refractivity contribution >= 4 is 11.9 Å². The van der Waals surface area contributed by atoms with E-state index in [2.05, 4.69) is 20.4 Å². The zero-order valence-corrected chi connectivity index (χ0v) is 16.1. The first-order valence-corrected chi connectivity index (χ1v) is 9.11. The summed E-state index contributed by atoms with van der Waals surface area (Å²) in [7, 11) is 0. The molecule has 0 fully saturated rings. The Labute approximate surface area is 147 Å². The molecule has 0 aliphatic heterocycles. The smallest absolute Gasteiger partial charge is 0.338 e. The average molecular weight is 338 g/mol. The van der Waals surface area contributed by atoms with E-state index in [1.54, 1.807) is 13.8 Å². The van der Waals surface area contributed by atoms with Gasteiger partial charge in [0.2, 0.25) is 0 Å². The fraction of sp³-hybridized carbons (Fsp3) is 0.700. The normalized spacial score (nSPS) is 13.0. The molecule has 0 spiro atoms. The molecule has 0 rings (SSSR count). The van der Waals surface area contributed by atoms with Gasteiger partial charge in [-0.3, -0.25) is 0 Å². The minimum absolute atomic E-state index is 0.316. The Kier molecular flexibility index (Phi) is 12.0. The van der Waals surface area contributed by atoms with Crippen LogP contribution in [0.2, 0.25) is 0 Å². The Balaban J connectivity index is 4.89. The third-order valence-corrected chi connectivity index (χ3v) is 4.04. The standard InChI is InChI=1S/C20H34O4/c1-7-10-12-17(9-3)14-23-20(22)16(6)18(13-11-8-2)24-19(21)15(4)5/h17H,4,7-14H2,1-3,5-6H3/b18-16-. The summed E-state index contributed by atoms with van der Waals surface area (Å²) < 4.78 is 10.8. The number of carbonyl (C=O) groups is 2. The van der Waals surface area contributed by atoms with Crippen LogP contribution >= 0.6 is 0 Å². The van der Waals surface area contributed by atoms with Gasteiger partial charge in [-0.2, -0.15) is 0 Å². The van der Waals surface area contributed by atoms with Gasteiger partial charge in [-0.05, 0) is 32.6 Å². The van der Waals surface area contributed by atoms with Gasteiger partial charge in [0.25, 0.3) is 0 Å². The van der Waals surface area contributed by atoms with Crippen molar-refractivity contribution in [2.45, 2.75) is 79.6 Å². The number of esters is 2. The van der Waals surface area contributed by atoms with Crippen molar-refractivity contribution in [3.8, 4) is 0 Å². The first-order valence-electron chi connectivity index (χ1n) is 9.11. The van der Waals surface area contributed by atoms with Crippen molar-refractivity contribution in [3.05, 3.63) is 23.5 Å². The summed E-state index contributed by atoms with van der Waals surface area (Å²) in [6.07, 6.45) is 6.68. The Morgan fingerprint density at radius 1 is 1.00 bits per heavy atom. The molecule has 4 heteroatoms. The number of allylic oxidation sites excluding steroid dienone is 1. The van der Waals surface area contributed by atoms with E-state index in [1.807, 2.05) is 6.92 Å². The zero-order valence-electron chi connectivity index (χ0n) is 16.1. The molecular formula is C20H34O4. The fourth-order valence-electron chi connectivity index (χ4n) is 2.17. The first-order chi connectivity index (χ1) is 11.4. The lowest BCUT2D eigenvalue weighted by Crippen LogP contribution is -2.17. The van der Waals surface area contributed by atoms with E-state index in [4.69, 9.17) is 9.47 Å². The van der Waals surface area contributed by atoms with Crippen LogP contribution in [-0.4, -0.2) is 18.5 Å². The maximum Gasteiger partial charge on any atom is 0.338 e. The Hall–Kier alpha value is -1.58. The molecule has 0 radical (unpaired) electrons. The van der Waals surface area contributed by atoms with Gasteiger partial charge in [0.15, 0.2) is 0 Å². The molecule has 0 aliphatic carbocycles. The minimum atomic E-state index is -0.498. The second-order valence-corrected chi connectivity index (χ2v) is 6.34. The number of unbranched alkanes of at least 4 members (excludes halogenated alkanes) is 2. The molecule has 0 amide bonds. The van der Waals surface area contributed by atoms with E-state index in [1.165, 1.54) is 0 Å². The highest BCUT2D eigenvalue weighted by Crippen LogP contribution is 2.19. The van der Waals surface area contributed by atoms with E-state index >= 15 is 0 Å². The number of hydrogen-bond acceptors (Lipinski definition) is 4. The SMILES string of the molecule is C=C(C)C(=O)O/C(CCCC)=C(/C)C(=O)OCC(CC)CCCC. The molecule has 138 valence electrons. The zero-order chi connectivity index (χ0) is 18.5. The molecule has 1 atom stereocenters. The third-order valence-electron chi connectivity index (χ3n) is 4.04. The molecular weight excluding hydrogens is 304 g/mol. The number of ether oxygens (including phenoxy) is 2. The summed E-state index contributed by atoms with van der Waals surface area (Å²) in [5, 5.41) is 0. The predicted octanol–water partition coefficient (Wildman–Crippen LogP) is 5.33. The van der Waals surface area contributed by atoms with Crippen LogP contribution in [0.15, 0.2) is 23.5 Å². The van der Waals surface area contributed by atoms with Crippen LogP contribution in [0.5, 0.6) is 0 Å². The summed E-state index contributed by atoms with van der Waals surface area (Å²) in [6.45, 7) is 13.6. The lowest BCUT2D eigenvalue weighted by atomic mass is 10.0. The van der Waals surface area contributed by atoms with Crippen LogP contribution < -0.4 is 0 Å². The number of hydrogen-bond donors (Lipinski definition) is 0. The van der Waals surface area contributed by atoms with E-state index in [-0.39, 0.29) is 0 Å². The summed E-state index contributed by atoms with van der Waals surface area (Å²) in [5.41, 5.74) is 0.694. The van der Waals surface area contributed by atoms with Gasteiger partial charge in [-0.15, -0.1) is 0 Å². The molecule has 0 heterocycles. The van der Waals surface area contributed by atoms with Crippen molar-refractivity contribution in [2.75, 3.05) is 6.61 Å². The van der Waals surface area contributed by atoms with Gasteiger partial charge in [0, 0.05) is 12.0 Å². The molecule has 4 nitrogen and oxygen atoms in total. The largest absolute Gasteiger partial charge is 0.462 e. The van der Waals surface area contributed by atoms with E-state index < -0.39 is 11.9 Å². The van der Waals surface area contributed by atoms with E-state index in [0.717, 1.165) is 38.5 Å². The Morgan fingerprint density at radius 2 is 1.62 bits per heavy atom. The maximum absolute atomic E-state index is 12.3. The molecule has 0 N–H and O–H groups in total. The second kappa shape index (κ2) is 12.8. The van der Waals surface area contributed by atoms with E-state index in [0.29, 0.717) is 35.9 Å². The van der Waals surface area contributed by atoms with Crippen LogP contribution in [0.1, 0.15) is 79.6 Å². The molecule has 0 aromatic heterocycles. The van der Waals surface area contributed by atoms with E-state index in [9.17, 15) is 9.59 Å². The van der Waals surface area contributed by atoms with Gasteiger partial charge in [-0.1, -0.05) is 53.0 Å².